The van der Waals surface area contributed by atoms with Crippen LogP contribution in [0.4, 0.5) is 5.69 Å². The van der Waals surface area contributed by atoms with Crippen LogP contribution in [0.1, 0.15) is 30.1 Å². The van der Waals surface area contributed by atoms with Gasteiger partial charge in [0.05, 0.1) is 18.2 Å². The third-order valence-corrected chi connectivity index (χ3v) is 5.90. The van der Waals surface area contributed by atoms with Crippen molar-refractivity contribution in [3.05, 3.63) is 52.5 Å². The second-order valence-electron chi connectivity index (χ2n) is 7.46. The first-order chi connectivity index (χ1) is 13.0. The number of likely N-dealkylation sites (tertiary alicyclic amines) is 1. The van der Waals surface area contributed by atoms with Crippen molar-refractivity contribution >= 4 is 17.3 Å². The minimum absolute atomic E-state index is 0.124. The molecule has 3 atom stereocenters. The van der Waals surface area contributed by atoms with Crippen LogP contribution < -0.4 is 20.9 Å². The molecule has 0 amide bonds. The molecule has 6 heteroatoms. The van der Waals surface area contributed by atoms with Crippen LogP contribution in [0, 0.1) is 0 Å². The Morgan fingerprint density at radius 1 is 1.19 bits per heavy atom. The highest BCUT2D eigenvalue weighted by Crippen LogP contribution is 2.42. The lowest BCUT2D eigenvalue weighted by Gasteiger charge is -2.38. The summed E-state index contributed by atoms with van der Waals surface area (Å²) in [5, 5.41) is 0.528. The Balaban J connectivity index is 1.68. The molecule has 0 saturated carbocycles. The van der Waals surface area contributed by atoms with Gasteiger partial charge in [0, 0.05) is 23.8 Å². The molecule has 0 aromatic heterocycles. The summed E-state index contributed by atoms with van der Waals surface area (Å²) in [5.41, 5.74) is 15.1. The Bertz CT molecular complexity index is 829. The van der Waals surface area contributed by atoms with E-state index in [9.17, 15) is 0 Å². The van der Waals surface area contributed by atoms with Crippen LogP contribution in [0.2, 0.25) is 5.02 Å². The number of hydrogen-bond acceptors (Lipinski definition) is 5. The number of benzene rings is 2. The van der Waals surface area contributed by atoms with Crippen molar-refractivity contribution in [3.8, 4) is 11.5 Å². The molecule has 1 heterocycles. The van der Waals surface area contributed by atoms with E-state index in [0.717, 1.165) is 43.7 Å². The van der Waals surface area contributed by atoms with Gasteiger partial charge < -0.3 is 20.9 Å². The summed E-state index contributed by atoms with van der Waals surface area (Å²) in [7, 11) is 1.69. The minimum Gasteiger partial charge on any atom is -0.497 e. The normalized spacial score (nSPS) is 25.2. The van der Waals surface area contributed by atoms with E-state index >= 15 is 0 Å². The standard InChI is InChI=1S/C21H26ClN3O2/c1-26-16-6-4-13-9-19(25-8-2-3-15(24)12-25)21(17(13)11-16)27-20-7-5-14(23)10-18(20)22/h4-7,10-11,15,19,21H,2-3,8-9,12,23-24H2,1H3/t15-,19-,21-/m1/s1. The maximum atomic E-state index is 6.46. The Kier molecular flexibility index (Phi) is 5.17. The number of nitrogen functional groups attached to an aromatic ring is 1. The monoisotopic (exact) mass is 387 g/mol. The van der Waals surface area contributed by atoms with Gasteiger partial charge in [-0.15, -0.1) is 0 Å². The molecular weight excluding hydrogens is 362 g/mol. The number of nitrogens with zero attached hydrogens (tertiary/aromatic N) is 1. The lowest BCUT2D eigenvalue weighted by atomic mass is 10.0. The van der Waals surface area contributed by atoms with E-state index in [-0.39, 0.29) is 18.2 Å². The molecule has 0 spiro atoms. The maximum Gasteiger partial charge on any atom is 0.140 e. The fraction of sp³-hybridized carbons (Fsp3) is 0.429. The van der Waals surface area contributed by atoms with Crippen molar-refractivity contribution < 1.29 is 9.47 Å². The SMILES string of the molecule is COc1ccc2c(c1)[C@@H](Oc1ccc(N)cc1Cl)[C@H](N1CCC[C@@H](N)C1)C2. The van der Waals surface area contributed by atoms with Gasteiger partial charge >= 0.3 is 0 Å². The van der Waals surface area contributed by atoms with Gasteiger partial charge in [-0.25, -0.2) is 0 Å². The summed E-state index contributed by atoms with van der Waals surface area (Å²) in [4.78, 5) is 2.47. The number of fused-ring (bicyclic) bond motifs is 1. The smallest absolute Gasteiger partial charge is 0.140 e. The maximum absolute atomic E-state index is 6.46. The minimum atomic E-state index is -0.124. The van der Waals surface area contributed by atoms with E-state index < -0.39 is 0 Å². The van der Waals surface area contributed by atoms with E-state index in [2.05, 4.69) is 17.0 Å². The molecule has 0 unspecified atom stereocenters. The Morgan fingerprint density at radius 2 is 2.04 bits per heavy atom. The van der Waals surface area contributed by atoms with Gasteiger partial charge in [0.15, 0.2) is 0 Å². The van der Waals surface area contributed by atoms with Crippen molar-refractivity contribution in [3.63, 3.8) is 0 Å². The van der Waals surface area contributed by atoms with Crippen molar-refractivity contribution in [1.82, 2.24) is 4.90 Å². The van der Waals surface area contributed by atoms with Gasteiger partial charge in [0.25, 0.3) is 0 Å². The van der Waals surface area contributed by atoms with Gasteiger partial charge in [-0.1, -0.05) is 17.7 Å². The average Bonchev–Trinajstić information content (AvgIpc) is 3.01. The van der Waals surface area contributed by atoms with Gasteiger partial charge in [-0.05, 0) is 61.7 Å². The fourth-order valence-corrected chi connectivity index (χ4v) is 4.48. The first-order valence-corrected chi connectivity index (χ1v) is 9.81. The highest BCUT2D eigenvalue weighted by molar-refractivity contribution is 6.32. The van der Waals surface area contributed by atoms with Gasteiger partial charge in [0.1, 0.15) is 17.6 Å². The Morgan fingerprint density at radius 3 is 2.78 bits per heavy atom. The molecule has 2 aromatic carbocycles. The van der Waals surface area contributed by atoms with Crippen LogP contribution in [-0.4, -0.2) is 37.2 Å². The van der Waals surface area contributed by atoms with Gasteiger partial charge in [-0.2, -0.15) is 0 Å². The van der Waals surface area contributed by atoms with E-state index in [1.165, 1.54) is 5.56 Å². The Hall–Kier alpha value is -1.95. The molecule has 1 fully saturated rings. The number of hydrogen-bond donors (Lipinski definition) is 2. The highest BCUT2D eigenvalue weighted by atomic mass is 35.5. The number of rotatable bonds is 4. The second kappa shape index (κ2) is 7.58. The van der Waals surface area contributed by atoms with Crippen molar-refractivity contribution in [2.75, 3.05) is 25.9 Å². The average molecular weight is 388 g/mol. The molecular formula is C21H26ClN3O2. The van der Waals surface area contributed by atoms with Crippen LogP contribution in [0.3, 0.4) is 0 Å². The topological polar surface area (TPSA) is 73.7 Å². The van der Waals surface area contributed by atoms with E-state index in [1.54, 1.807) is 13.2 Å². The van der Waals surface area contributed by atoms with Crippen LogP contribution in [0.5, 0.6) is 11.5 Å². The molecule has 1 aliphatic carbocycles. The molecule has 2 aliphatic rings. The molecule has 27 heavy (non-hydrogen) atoms. The second-order valence-corrected chi connectivity index (χ2v) is 7.87. The third kappa shape index (κ3) is 3.72. The van der Waals surface area contributed by atoms with Crippen LogP contribution in [0.15, 0.2) is 36.4 Å². The highest BCUT2D eigenvalue weighted by Gasteiger charge is 2.39. The predicted molar refractivity (Wildman–Crippen MR) is 109 cm³/mol. The molecule has 2 aromatic rings. The fourth-order valence-electron chi connectivity index (χ4n) is 4.24. The van der Waals surface area contributed by atoms with E-state index in [1.807, 2.05) is 18.2 Å². The molecule has 144 valence electrons. The lowest BCUT2D eigenvalue weighted by Crippen LogP contribution is -2.49. The molecule has 4 N–H and O–H groups in total. The van der Waals surface area contributed by atoms with Crippen LogP contribution in [0.25, 0.3) is 0 Å². The third-order valence-electron chi connectivity index (χ3n) is 5.61. The first-order valence-electron chi connectivity index (χ1n) is 9.43. The summed E-state index contributed by atoms with van der Waals surface area (Å²) < 4.78 is 11.9. The number of ether oxygens (including phenoxy) is 2. The summed E-state index contributed by atoms with van der Waals surface area (Å²) in [5.74, 6) is 1.49. The molecule has 0 bridgehead atoms. The zero-order valence-electron chi connectivity index (χ0n) is 15.5. The van der Waals surface area contributed by atoms with Crippen molar-refractivity contribution in [1.29, 1.82) is 0 Å². The van der Waals surface area contributed by atoms with Gasteiger partial charge in [-0.3, -0.25) is 4.90 Å². The Labute approximate surface area is 165 Å². The summed E-state index contributed by atoms with van der Waals surface area (Å²) in [6, 6.07) is 12.1. The number of nitrogens with two attached hydrogens (primary N) is 2. The number of piperidine rings is 1. The number of halogens is 1. The zero-order valence-corrected chi connectivity index (χ0v) is 16.3. The van der Waals surface area contributed by atoms with E-state index in [4.69, 9.17) is 32.5 Å². The molecule has 0 radical (unpaired) electrons. The molecule has 1 saturated heterocycles. The zero-order chi connectivity index (χ0) is 19.0. The van der Waals surface area contributed by atoms with Crippen LogP contribution in [-0.2, 0) is 6.42 Å². The summed E-state index contributed by atoms with van der Waals surface area (Å²) >= 11 is 6.39. The number of methoxy groups -OCH3 is 1. The van der Waals surface area contributed by atoms with Crippen molar-refractivity contribution in [2.45, 2.75) is 37.5 Å². The first kappa shape index (κ1) is 18.4. The summed E-state index contributed by atoms with van der Waals surface area (Å²) in [6.07, 6.45) is 3.01. The molecule has 1 aliphatic heterocycles. The largest absolute Gasteiger partial charge is 0.497 e. The summed E-state index contributed by atoms with van der Waals surface area (Å²) in [6.45, 7) is 1.93. The number of anilines is 1. The molecule has 4 rings (SSSR count). The predicted octanol–water partition coefficient (Wildman–Crippen LogP) is 3.40. The van der Waals surface area contributed by atoms with Crippen LogP contribution >= 0.6 is 11.6 Å². The lowest BCUT2D eigenvalue weighted by molar-refractivity contribution is 0.0593. The molecule has 5 nitrogen and oxygen atoms in total. The quantitative estimate of drug-likeness (QED) is 0.786. The van der Waals surface area contributed by atoms with Gasteiger partial charge in [0.2, 0.25) is 0 Å². The van der Waals surface area contributed by atoms with Crippen molar-refractivity contribution in [2.24, 2.45) is 5.73 Å². The van der Waals surface area contributed by atoms with E-state index in [0.29, 0.717) is 16.5 Å².